The van der Waals surface area contributed by atoms with E-state index in [4.69, 9.17) is 20.8 Å². The SMILES string of the molecule is C=C(C)C(=O)OCC(CCl)O[Si](C)(C)C. The smallest absolute Gasteiger partial charge is 0.333 e. The Morgan fingerprint density at radius 1 is 1.47 bits per heavy atom. The number of carbonyl (C=O) groups is 1. The Morgan fingerprint density at radius 3 is 2.33 bits per heavy atom. The van der Waals surface area contributed by atoms with Crippen LogP contribution < -0.4 is 0 Å². The Kier molecular flexibility index (Phi) is 6.17. The summed E-state index contributed by atoms with van der Waals surface area (Å²) in [5, 5.41) is 0. The molecule has 0 fully saturated rings. The Balaban J connectivity index is 4.01. The molecule has 0 N–H and O–H groups in total. The second-order valence-corrected chi connectivity index (χ2v) is 9.15. The van der Waals surface area contributed by atoms with Crippen molar-refractivity contribution in [3.63, 3.8) is 0 Å². The lowest BCUT2D eigenvalue weighted by Gasteiger charge is -2.24. The summed E-state index contributed by atoms with van der Waals surface area (Å²) in [4.78, 5) is 11.1. The van der Waals surface area contributed by atoms with Crippen molar-refractivity contribution in [1.82, 2.24) is 0 Å². The van der Waals surface area contributed by atoms with Crippen LogP contribution in [-0.2, 0) is 14.0 Å². The first-order valence-electron chi connectivity index (χ1n) is 4.82. The van der Waals surface area contributed by atoms with E-state index in [1.807, 2.05) is 0 Å². The van der Waals surface area contributed by atoms with E-state index >= 15 is 0 Å². The molecule has 0 rings (SSSR count). The molecular weight excluding hydrogens is 232 g/mol. The minimum absolute atomic E-state index is 0.194. The molecule has 0 aliphatic heterocycles. The average molecular weight is 251 g/mol. The topological polar surface area (TPSA) is 35.5 Å². The molecule has 0 aliphatic rings. The predicted octanol–water partition coefficient (Wildman–Crippen LogP) is 2.56. The normalized spacial score (nSPS) is 13.4. The molecular formula is C10H19ClO3Si. The van der Waals surface area contributed by atoms with Crippen LogP contribution in [0.4, 0.5) is 0 Å². The third kappa shape index (κ3) is 7.59. The third-order valence-electron chi connectivity index (χ3n) is 1.44. The monoisotopic (exact) mass is 250 g/mol. The second kappa shape index (κ2) is 6.30. The van der Waals surface area contributed by atoms with Crippen molar-refractivity contribution >= 4 is 25.9 Å². The van der Waals surface area contributed by atoms with Crippen LogP contribution >= 0.6 is 11.6 Å². The van der Waals surface area contributed by atoms with Gasteiger partial charge in [-0.1, -0.05) is 6.58 Å². The molecule has 5 heteroatoms. The lowest BCUT2D eigenvalue weighted by Crippen LogP contribution is -2.36. The summed E-state index contributed by atoms with van der Waals surface area (Å²) >= 11 is 5.72. The van der Waals surface area contributed by atoms with Crippen molar-refractivity contribution in [1.29, 1.82) is 0 Å². The highest BCUT2D eigenvalue weighted by molar-refractivity contribution is 6.69. The fourth-order valence-electron chi connectivity index (χ4n) is 0.902. The number of hydrogen-bond donors (Lipinski definition) is 0. The van der Waals surface area contributed by atoms with Gasteiger partial charge in [-0.15, -0.1) is 11.6 Å². The maximum Gasteiger partial charge on any atom is 0.333 e. The summed E-state index contributed by atoms with van der Waals surface area (Å²) in [6, 6.07) is 0. The van der Waals surface area contributed by atoms with Gasteiger partial charge in [-0.25, -0.2) is 4.79 Å². The summed E-state index contributed by atoms with van der Waals surface area (Å²) in [6.07, 6.45) is -0.221. The van der Waals surface area contributed by atoms with Gasteiger partial charge in [-0.3, -0.25) is 0 Å². The fraction of sp³-hybridized carbons (Fsp3) is 0.700. The van der Waals surface area contributed by atoms with Crippen LogP contribution in [0.2, 0.25) is 19.6 Å². The molecule has 0 amide bonds. The molecule has 0 aromatic carbocycles. The first kappa shape index (κ1) is 14.7. The van der Waals surface area contributed by atoms with E-state index in [0.717, 1.165) is 0 Å². The van der Waals surface area contributed by atoms with Gasteiger partial charge in [0.15, 0.2) is 8.32 Å². The second-order valence-electron chi connectivity index (χ2n) is 4.39. The first-order chi connectivity index (χ1) is 6.76. The van der Waals surface area contributed by atoms with Gasteiger partial charge >= 0.3 is 5.97 Å². The Hall–Kier alpha value is -0.323. The zero-order valence-electron chi connectivity index (χ0n) is 9.80. The summed E-state index contributed by atoms with van der Waals surface area (Å²) in [5.74, 6) is -0.0717. The molecule has 3 nitrogen and oxygen atoms in total. The van der Waals surface area contributed by atoms with Crippen LogP contribution in [0.25, 0.3) is 0 Å². The van der Waals surface area contributed by atoms with E-state index in [2.05, 4.69) is 26.2 Å². The van der Waals surface area contributed by atoms with Crippen molar-refractivity contribution in [3.8, 4) is 0 Å². The molecule has 0 heterocycles. The number of ether oxygens (including phenoxy) is 1. The van der Waals surface area contributed by atoms with Gasteiger partial charge in [0.05, 0.1) is 12.0 Å². The van der Waals surface area contributed by atoms with E-state index in [1.54, 1.807) is 6.92 Å². The number of rotatable bonds is 6. The van der Waals surface area contributed by atoms with Crippen LogP contribution in [0.3, 0.4) is 0 Å². The van der Waals surface area contributed by atoms with Gasteiger partial charge in [0.25, 0.3) is 0 Å². The summed E-state index contributed by atoms with van der Waals surface area (Å²) in [7, 11) is -1.64. The molecule has 0 radical (unpaired) electrons. The van der Waals surface area contributed by atoms with E-state index in [0.29, 0.717) is 11.5 Å². The lowest BCUT2D eigenvalue weighted by molar-refractivity contribution is -0.141. The molecule has 0 spiro atoms. The van der Waals surface area contributed by atoms with Gasteiger partial charge in [-0.2, -0.15) is 0 Å². The summed E-state index contributed by atoms with van der Waals surface area (Å²) < 4.78 is 10.7. The van der Waals surface area contributed by atoms with Crippen LogP contribution in [0.5, 0.6) is 0 Å². The highest BCUT2D eigenvalue weighted by Crippen LogP contribution is 2.09. The zero-order chi connectivity index (χ0) is 12.1. The van der Waals surface area contributed by atoms with E-state index in [-0.39, 0.29) is 12.7 Å². The van der Waals surface area contributed by atoms with Gasteiger partial charge in [0.2, 0.25) is 0 Å². The summed E-state index contributed by atoms with van der Waals surface area (Å²) in [6.45, 7) is 11.5. The fourth-order valence-corrected chi connectivity index (χ4v) is 2.31. The number of hydrogen-bond acceptors (Lipinski definition) is 3. The molecule has 1 unspecified atom stereocenters. The highest BCUT2D eigenvalue weighted by Gasteiger charge is 2.21. The van der Waals surface area contributed by atoms with Crippen LogP contribution in [0, 0.1) is 0 Å². The minimum Gasteiger partial charge on any atom is -0.460 e. The van der Waals surface area contributed by atoms with Gasteiger partial charge in [-0.05, 0) is 26.6 Å². The van der Waals surface area contributed by atoms with Crippen LogP contribution in [0.1, 0.15) is 6.92 Å². The standard InChI is InChI=1S/C10H19ClO3Si/c1-8(2)10(12)13-7-9(6-11)14-15(3,4)5/h9H,1,6-7H2,2-5H3. The largest absolute Gasteiger partial charge is 0.460 e. The van der Waals surface area contributed by atoms with Crippen molar-refractivity contribution in [3.05, 3.63) is 12.2 Å². The number of alkyl halides is 1. The third-order valence-corrected chi connectivity index (χ3v) is 2.83. The van der Waals surface area contributed by atoms with Crippen LogP contribution in [0.15, 0.2) is 12.2 Å². The zero-order valence-corrected chi connectivity index (χ0v) is 11.6. The summed E-state index contributed by atoms with van der Waals surface area (Å²) in [5.41, 5.74) is 0.385. The first-order valence-corrected chi connectivity index (χ1v) is 8.77. The molecule has 0 saturated carbocycles. The molecule has 0 aromatic rings. The molecule has 0 saturated heterocycles. The van der Waals surface area contributed by atoms with Gasteiger partial charge in [0, 0.05) is 5.57 Å². The van der Waals surface area contributed by atoms with Gasteiger partial charge < -0.3 is 9.16 Å². The predicted molar refractivity (Wildman–Crippen MR) is 64.7 cm³/mol. The van der Waals surface area contributed by atoms with Crippen molar-refractivity contribution in [2.24, 2.45) is 0 Å². The van der Waals surface area contributed by atoms with E-state index in [1.165, 1.54) is 0 Å². The average Bonchev–Trinajstić information content (AvgIpc) is 2.09. The number of carbonyl (C=O) groups excluding carboxylic acids is 1. The van der Waals surface area contributed by atoms with Crippen molar-refractivity contribution in [2.75, 3.05) is 12.5 Å². The molecule has 88 valence electrons. The molecule has 0 aliphatic carbocycles. The Morgan fingerprint density at radius 2 is 2.00 bits per heavy atom. The quantitative estimate of drug-likeness (QED) is 0.315. The maximum atomic E-state index is 11.1. The van der Waals surface area contributed by atoms with Crippen molar-refractivity contribution in [2.45, 2.75) is 32.7 Å². The highest BCUT2D eigenvalue weighted by atomic mass is 35.5. The molecule has 15 heavy (non-hydrogen) atoms. The number of halogens is 1. The number of esters is 1. The molecule has 1 atom stereocenters. The van der Waals surface area contributed by atoms with E-state index < -0.39 is 14.3 Å². The molecule has 0 bridgehead atoms. The van der Waals surface area contributed by atoms with Crippen LogP contribution in [-0.4, -0.2) is 32.9 Å². The minimum atomic E-state index is -1.64. The lowest BCUT2D eigenvalue weighted by atomic mass is 10.3. The molecule has 0 aromatic heterocycles. The Bertz CT molecular complexity index is 235. The van der Waals surface area contributed by atoms with E-state index in [9.17, 15) is 4.79 Å². The maximum absolute atomic E-state index is 11.1. The van der Waals surface area contributed by atoms with Gasteiger partial charge in [0.1, 0.15) is 6.61 Å². The van der Waals surface area contributed by atoms with Crippen molar-refractivity contribution < 1.29 is 14.0 Å². The Labute approximate surface area is 97.5 Å².